The van der Waals surface area contributed by atoms with Gasteiger partial charge in [0.05, 0.1) is 4.92 Å². The molecule has 0 saturated heterocycles. The maximum atomic E-state index is 12.1. The van der Waals surface area contributed by atoms with E-state index in [0.29, 0.717) is 6.54 Å². The number of amides is 1. The number of unbranched alkanes of at least 4 members (excludes halogenated alkanes) is 1. The molecule has 1 atom stereocenters. The van der Waals surface area contributed by atoms with E-state index in [9.17, 15) is 14.9 Å². The molecule has 0 aliphatic heterocycles. The van der Waals surface area contributed by atoms with Crippen LogP contribution in [-0.2, 0) is 0 Å². The van der Waals surface area contributed by atoms with Crippen LogP contribution in [0.5, 0.6) is 0 Å². The highest BCUT2D eigenvalue weighted by Crippen LogP contribution is 2.21. The molecule has 0 saturated carbocycles. The summed E-state index contributed by atoms with van der Waals surface area (Å²) in [4.78, 5) is 22.2. The SMILES string of the molecule is CCCCC(CN)NC(=O)c1cc(Cl)cc([N+](=O)[O-])c1.Cl. The number of hydrogen-bond acceptors (Lipinski definition) is 4. The Balaban J connectivity index is 0.00000400. The highest BCUT2D eigenvalue weighted by Gasteiger charge is 2.16. The summed E-state index contributed by atoms with van der Waals surface area (Å²) in [6.45, 7) is 2.38. The Bertz CT molecular complexity index is 498. The van der Waals surface area contributed by atoms with E-state index < -0.39 is 10.8 Å². The average molecular weight is 336 g/mol. The molecule has 0 aromatic heterocycles. The van der Waals surface area contributed by atoms with Crippen molar-refractivity contribution < 1.29 is 9.72 Å². The van der Waals surface area contributed by atoms with Crippen molar-refractivity contribution in [2.75, 3.05) is 6.54 Å². The molecule has 1 amide bonds. The van der Waals surface area contributed by atoms with Crippen LogP contribution in [0.3, 0.4) is 0 Å². The van der Waals surface area contributed by atoms with Gasteiger partial charge in [0.25, 0.3) is 11.6 Å². The minimum Gasteiger partial charge on any atom is -0.348 e. The second-order valence-electron chi connectivity index (χ2n) is 4.50. The molecule has 1 aromatic carbocycles. The van der Waals surface area contributed by atoms with Gasteiger partial charge < -0.3 is 11.1 Å². The molecule has 0 radical (unpaired) electrons. The Morgan fingerprint density at radius 2 is 2.14 bits per heavy atom. The van der Waals surface area contributed by atoms with Crippen molar-refractivity contribution in [2.24, 2.45) is 5.73 Å². The first-order valence-electron chi connectivity index (χ1n) is 6.43. The number of halogens is 2. The number of nitrogens with zero attached hydrogens (tertiary/aromatic N) is 1. The molecule has 0 aliphatic carbocycles. The molecular weight excluding hydrogens is 317 g/mol. The minimum atomic E-state index is -0.583. The van der Waals surface area contributed by atoms with Gasteiger partial charge in [-0.3, -0.25) is 14.9 Å². The highest BCUT2D eigenvalue weighted by atomic mass is 35.5. The Labute approximate surface area is 134 Å². The molecule has 1 rings (SSSR count). The molecule has 0 aliphatic rings. The topological polar surface area (TPSA) is 98.3 Å². The number of nitro benzene ring substituents is 1. The van der Waals surface area contributed by atoms with Crippen LogP contribution < -0.4 is 11.1 Å². The van der Waals surface area contributed by atoms with Gasteiger partial charge in [-0.15, -0.1) is 12.4 Å². The zero-order chi connectivity index (χ0) is 15.1. The third kappa shape index (κ3) is 6.29. The Morgan fingerprint density at radius 1 is 1.48 bits per heavy atom. The van der Waals surface area contributed by atoms with Gasteiger partial charge in [-0.05, 0) is 12.5 Å². The number of nitrogens with one attached hydrogen (secondary N) is 1. The second-order valence-corrected chi connectivity index (χ2v) is 4.94. The summed E-state index contributed by atoms with van der Waals surface area (Å²) < 4.78 is 0. The van der Waals surface area contributed by atoms with Crippen LogP contribution in [-0.4, -0.2) is 23.4 Å². The van der Waals surface area contributed by atoms with E-state index in [1.165, 1.54) is 18.2 Å². The fraction of sp³-hybridized carbons (Fsp3) is 0.462. The lowest BCUT2D eigenvalue weighted by molar-refractivity contribution is -0.384. The predicted octanol–water partition coefficient (Wildman–Crippen LogP) is 2.92. The van der Waals surface area contributed by atoms with Crippen LogP contribution in [0.2, 0.25) is 5.02 Å². The van der Waals surface area contributed by atoms with Crippen LogP contribution in [0.4, 0.5) is 5.69 Å². The van der Waals surface area contributed by atoms with E-state index in [4.69, 9.17) is 17.3 Å². The largest absolute Gasteiger partial charge is 0.348 e. The minimum absolute atomic E-state index is 0. The zero-order valence-corrected chi connectivity index (χ0v) is 13.2. The summed E-state index contributed by atoms with van der Waals surface area (Å²) in [5, 5.41) is 13.7. The zero-order valence-electron chi connectivity index (χ0n) is 11.7. The van der Waals surface area contributed by atoms with Gasteiger partial charge in [0.1, 0.15) is 0 Å². The maximum absolute atomic E-state index is 12.1. The summed E-state index contributed by atoms with van der Waals surface area (Å²) in [6.07, 6.45) is 2.74. The van der Waals surface area contributed by atoms with Crippen LogP contribution in [0.25, 0.3) is 0 Å². The Morgan fingerprint density at radius 3 is 2.67 bits per heavy atom. The normalized spacial score (nSPS) is 11.4. The van der Waals surface area contributed by atoms with Crippen LogP contribution in [0.1, 0.15) is 36.5 Å². The van der Waals surface area contributed by atoms with E-state index in [2.05, 4.69) is 12.2 Å². The van der Waals surface area contributed by atoms with Crippen LogP contribution in [0, 0.1) is 10.1 Å². The first-order chi connectivity index (χ1) is 9.47. The maximum Gasteiger partial charge on any atom is 0.271 e. The molecule has 118 valence electrons. The number of non-ortho nitro benzene ring substituents is 1. The number of benzene rings is 1. The summed E-state index contributed by atoms with van der Waals surface area (Å²) in [6, 6.07) is 3.67. The molecule has 3 N–H and O–H groups in total. The molecule has 0 spiro atoms. The summed E-state index contributed by atoms with van der Waals surface area (Å²) in [7, 11) is 0. The van der Waals surface area contributed by atoms with E-state index in [0.717, 1.165) is 19.3 Å². The van der Waals surface area contributed by atoms with Crippen molar-refractivity contribution >= 4 is 35.6 Å². The van der Waals surface area contributed by atoms with E-state index in [1.807, 2.05) is 0 Å². The van der Waals surface area contributed by atoms with Gasteiger partial charge in [-0.2, -0.15) is 0 Å². The number of nitrogens with two attached hydrogens (primary N) is 1. The van der Waals surface area contributed by atoms with Gasteiger partial charge in [0, 0.05) is 35.3 Å². The molecule has 0 heterocycles. The van der Waals surface area contributed by atoms with Crippen molar-refractivity contribution in [3.05, 3.63) is 38.9 Å². The Hall–Kier alpha value is -1.37. The van der Waals surface area contributed by atoms with Crippen LogP contribution >= 0.6 is 24.0 Å². The molecule has 1 aromatic rings. The van der Waals surface area contributed by atoms with Crippen LogP contribution in [0.15, 0.2) is 18.2 Å². The third-order valence-corrected chi connectivity index (χ3v) is 3.10. The van der Waals surface area contributed by atoms with Crippen molar-refractivity contribution in [3.8, 4) is 0 Å². The van der Waals surface area contributed by atoms with Crippen molar-refractivity contribution in [2.45, 2.75) is 32.2 Å². The van der Waals surface area contributed by atoms with Crippen molar-refractivity contribution in [1.82, 2.24) is 5.32 Å². The second kappa shape index (κ2) is 9.55. The lowest BCUT2D eigenvalue weighted by Gasteiger charge is -2.16. The molecular formula is C13H19Cl2N3O3. The lowest BCUT2D eigenvalue weighted by atomic mass is 10.1. The van der Waals surface area contributed by atoms with Crippen molar-refractivity contribution in [1.29, 1.82) is 0 Å². The number of carbonyl (C=O) groups is 1. The first kappa shape index (κ1) is 19.6. The number of rotatable bonds is 7. The number of hydrogen-bond donors (Lipinski definition) is 2. The predicted molar refractivity (Wildman–Crippen MR) is 85.2 cm³/mol. The lowest BCUT2D eigenvalue weighted by Crippen LogP contribution is -2.40. The fourth-order valence-electron chi connectivity index (χ4n) is 1.78. The molecule has 0 fully saturated rings. The fourth-order valence-corrected chi connectivity index (χ4v) is 2.01. The molecule has 8 heteroatoms. The summed E-state index contributed by atoms with van der Waals surface area (Å²) >= 11 is 5.78. The van der Waals surface area contributed by atoms with Gasteiger partial charge in [-0.1, -0.05) is 31.4 Å². The number of carbonyl (C=O) groups excluding carboxylic acids is 1. The molecule has 0 bridgehead atoms. The van der Waals surface area contributed by atoms with E-state index in [1.54, 1.807) is 0 Å². The smallest absolute Gasteiger partial charge is 0.271 e. The highest BCUT2D eigenvalue weighted by molar-refractivity contribution is 6.31. The van der Waals surface area contributed by atoms with Gasteiger partial charge in [0.2, 0.25) is 0 Å². The molecule has 6 nitrogen and oxygen atoms in total. The van der Waals surface area contributed by atoms with Gasteiger partial charge in [-0.25, -0.2) is 0 Å². The van der Waals surface area contributed by atoms with Gasteiger partial charge >= 0.3 is 0 Å². The average Bonchev–Trinajstić information content (AvgIpc) is 2.42. The summed E-state index contributed by atoms with van der Waals surface area (Å²) in [5.41, 5.74) is 5.56. The first-order valence-corrected chi connectivity index (χ1v) is 6.81. The van der Waals surface area contributed by atoms with Crippen molar-refractivity contribution in [3.63, 3.8) is 0 Å². The standard InChI is InChI=1S/C13H18ClN3O3.ClH/c1-2-3-4-11(8-15)16-13(18)9-5-10(14)7-12(6-9)17(19)20;/h5-7,11H,2-4,8,15H2,1H3,(H,16,18);1H. The number of nitro groups is 1. The van der Waals surface area contributed by atoms with E-state index >= 15 is 0 Å². The third-order valence-electron chi connectivity index (χ3n) is 2.88. The summed E-state index contributed by atoms with van der Waals surface area (Å²) in [5.74, 6) is -0.401. The van der Waals surface area contributed by atoms with E-state index in [-0.39, 0.29) is 34.7 Å². The van der Waals surface area contributed by atoms with Gasteiger partial charge in [0.15, 0.2) is 0 Å². The molecule has 1 unspecified atom stereocenters. The quantitative estimate of drug-likeness (QED) is 0.591. The Kier molecular flexibility index (Phi) is 8.92. The monoisotopic (exact) mass is 335 g/mol. The molecule has 21 heavy (non-hydrogen) atoms.